The van der Waals surface area contributed by atoms with Gasteiger partial charge in [-0.05, 0) is 56.9 Å². The number of anilines is 1. The molecule has 4 N–H and O–H groups in total. The molecule has 6 nitrogen and oxygen atoms in total. The van der Waals surface area contributed by atoms with Crippen LogP contribution in [-0.2, 0) is 4.79 Å². The van der Waals surface area contributed by atoms with Crippen LogP contribution in [0.15, 0.2) is 34.2 Å². The summed E-state index contributed by atoms with van der Waals surface area (Å²) in [5.41, 5.74) is 11.0. The Kier molecular flexibility index (Phi) is 6.91. The van der Waals surface area contributed by atoms with E-state index in [4.69, 9.17) is 10.7 Å². The second kappa shape index (κ2) is 9.70. The first-order valence-electron chi connectivity index (χ1n) is 11.3. The Hall–Kier alpha value is -2.63. The van der Waals surface area contributed by atoms with Gasteiger partial charge in [-0.3, -0.25) is 10.5 Å². The highest BCUT2D eigenvalue weighted by atomic mass is 32.2. The molecular weight excluding hydrogens is 450 g/mol. The van der Waals surface area contributed by atoms with E-state index in [1.165, 1.54) is 17.3 Å². The first-order valence-corrected chi connectivity index (χ1v) is 13.2. The van der Waals surface area contributed by atoms with Crippen molar-refractivity contribution >= 4 is 40.5 Å². The number of carbonyl (C=O) groups is 1. The highest BCUT2D eigenvalue weighted by Crippen LogP contribution is 2.54. The fourth-order valence-electron chi connectivity index (χ4n) is 4.95. The molecule has 1 atom stereocenters. The van der Waals surface area contributed by atoms with Crippen molar-refractivity contribution < 1.29 is 9.79 Å². The van der Waals surface area contributed by atoms with Crippen molar-refractivity contribution in [1.82, 2.24) is 4.98 Å². The van der Waals surface area contributed by atoms with E-state index in [0.717, 1.165) is 59.6 Å². The molecule has 2 aliphatic rings. The standard InChI is InChI=1S/C25H29N5OS2/c1-15-7-8-18(11-16(15)2)29-20(31)14-33-23-19(12-26)25(9-5-4-6-10-25)21(22(27)30-23)24-28-17(3)13-32-24/h7-8,11,13,21H,4-6,9-10,14H2,1-3H3,(H2,27,30)(H,29,31)/p+1/t21-/m0/s1. The van der Waals surface area contributed by atoms with Gasteiger partial charge in [0.1, 0.15) is 17.0 Å². The average molecular weight is 481 g/mol. The minimum Gasteiger partial charge on any atom is -0.325 e. The second-order valence-electron chi connectivity index (χ2n) is 9.01. The van der Waals surface area contributed by atoms with Crippen LogP contribution < -0.4 is 16.0 Å². The zero-order valence-corrected chi connectivity index (χ0v) is 21.0. The Morgan fingerprint density at radius 3 is 2.70 bits per heavy atom. The van der Waals surface area contributed by atoms with Crippen LogP contribution in [0.25, 0.3) is 0 Å². The summed E-state index contributed by atoms with van der Waals surface area (Å²) < 4.78 is 0. The van der Waals surface area contributed by atoms with Crippen LogP contribution in [0.5, 0.6) is 0 Å². The summed E-state index contributed by atoms with van der Waals surface area (Å²) in [6.07, 6.45) is 5.09. The van der Waals surface area contributed by atoms with Gasteiger partial charge in [0.05, 0.1) is 11.3 Å². The van der Waals surface area contributed by atoms with E-state index >= 15 is 0 Å². The highest BCUT2D eigenvalue weighted by molar-refractivity contribution is 8.03. The molecule has 2 aromatic rings. The van der Waals surface area contributed by atoms with Crippen LogP contribution >= 0.6 is 23.1 Å². The van der Waals surface area contributed by atoms with Crippen molar-refractivity contribution in [3.8, 4) is 6.07 Å². The zero-order valence-electron chi connectivity index (χ0n) is 19.3. The number of carbonyl (C=O) groups excluding carboxylic acids is 1. The van der Waals surface area contributed by atoms with Crippen LogP contribution in [0.4, 0.5) is 5.69 Å². The van der Waals surface area contributed by atoms with E-state index in [1.807, 2.05) is 44.4 Å². The van der Waals surface area contributed by atoms with E-state index in [0.29, 0.717) is 10.9 Å². The van der Waals surface area contributed by atoms with Gasteiger partial charge in [0, 0.05) is 22.2 Å². The van der Waals surface area contributed by atoms with Gasteiger partial charge in [0.2, 0.25) is 5.91 Å². The third kappa shape index (κ3) is 4.71. The molecule has 33 heavy (non-hydrogen) atoms. The van der Waals surface area contributed by atoms with Crippen LogP contribution in [0, 0.1) is 37.5 Å². The van der Waals surface area contributed by atoms with Crippen molar-refractivity contribution in [1.29, 1.82) is 5.26 Å². The molecule has 1 aliphatic carbocycles. The van der Waals surface area contributed by atoms with E-state index in [9.17, 15) is 10.1 Å². The lowest BCUT2D eigenvalue weighted by atomic mass is 9.61. The summed E-state index contributed by atoms with van der Waals surface area (Å²) in [4.78, 5) is 20.7. The average Bonchev–Trinajstić information content (AvgIpc) is 3.21. The van der Waals surface area contributed by atoms with Crippen LogP contribution in [-0.4, -0.2) is 22.5 Å². The van der Waals surface area contributed by atoms with Crippen LogP contribution in [0.3, 0.4) is 0 Å². The summed E-state index contributed by atoms with van der Waals surface area (Å²) >= 11 is 2.96. The number of aryl methyl sites for hydroxylation is 3. The molecule has 172 valence electrons. The molecule has 1 aromatic carbocycles. The summed E-state index contributed by atoms with van der Waals surface area (Å²) in [6, 6.07) is 8.38. The summed E-state index contributed by atoms with van der Waals surface area (Å²) in [5.74, 6) is 0.594. The van der Waals surface area contributed by atoms with Crippen LogP contribution in [0.1, 0.15) is 59.9 Å². The van der Waals surface area contributed by atoms with Crippen molar-refractivity contribution in [3.05, 3.63) is 56.0 Å². The quantitative estimate of drug-likeness (QED) is 0.606. The van der Waals surface area contributed by atoms with E-state index in [2.05, 4.69) is 16.4 Å². The number of amides is 1. The van der Waals surface area contributed by atoms with E-state index < -0.39 is 0 Å². The first-order chi connectivity index (χ1) is 15.8. The molecule has 0 radical (unpaired) electrons. The molecule has 1 saturated carbocycles. The summed E-state index contributed by atoms with van der Waals surface area (Å²) in [6.45, 7) is 6.05. The van der Waals surface area contributed by atoms with Gasteiger partial charge in [-0.2, -0.15) is 5.26 Å². The number of benzene rings is 1. The molecule has 1 aliphatic heterocycles. The maximum atomic E-state index is 12.7. The normalized spacial score (nSPS) is 19.8. The highest BCUT2D eigenvalue weighted by Gasteiger charge is 2.53. The number of allylic oxidation sites excluding steroid dienone is 1. The third-order valence-corrected chi connectivity index (χ3v) is 8.75. The van der Waals surface area contributed by atoms with Crippen LogP contribution in [0.2, 0.25) is 0 Å². The van der Waals surface area contributed by atoms with Gasteiger partial charge in [0.15, 0.2) is 5.03 Å². The Morgan fingerprint density at radius 1 is 1.30 bits per heavy atom. The van der Waals surface area contributed by atoms with Gasteiger partial charge in [-0.15, -0.1) is 11.3 Å². The number of nitrogens with one attached hydrogen (secondary N) is 2. The molecule has 0 unspecified atom stereocenters. The minimum atomic E-state index is -0.362. The van der Waals surface area contributed by atoms with Gasteiger partial charge < -0.3 is 5.32 Å². The monoisotopic (exact) mass is 480 g/mol. The molecule has 1 fully saturated rings. The fourth-order valence-corrected chi connectivity index (χ4v) is 6.91. The van der Waals surface area contributed by atoms with Crippen molar-refractivity contribution in [2.75, 3.05) is 11.1 Å². The topological polar surface area (TPSA) is 106 Å². The van der Waals surface area contributed by atoms with Gasteiger partial charge >= 0.3 is 0 Å². The predicted octanol–water partition coefficient (Wildman–Crippen LogP) is 3.66. The van der Waals surface area contributed by atoms with Crippen molar-refractivity contribution in [2.24, 2.45) is 11.1 Å². The number of thioether (sulfide) groups is 1. The first kappa shape index (κ1) is 23.5. The molecule has 8 heteroatoms. The van der Waals surface area contributed by atoms with Crippen molar-refractivity contribution in [3.63, 3.8) is 0 Å². The second-order valence-corrected chi connectivity index (χ2v) is 10.9. The predicted molar refractivity (Wildman–Crippen MR) is 135 cm³/mol. The number of hydrogen-bond donors (Lipinski definition) is 3. The maximum absolute atomic E-state index is 12.7. The summed E-state index contributed by atoms with van der Waals surface area (Å²) in [5, 5.41) is 16.9. The number of nitriles is 1. The molecule has 1 aromatic heterocycles. The Balaban J connectivity index is 1.59. The lowest BCUT2D eigenvalue weighted by molar-refractivity contribution is -0.391. The number of hydrogen-bond acceptors (Lipinski definition) is 6. The smallest absolute Gasteiger partial charge is 0.257 e. The molecule has 0 saturated heterocycles. The number of amidine groups is 1. The molecule has 1 amide bonds. The Labute approximate surface area is 203 Å². The molecule has 2 heterocycles. The number of thiazole rings is 1. The van der Waals surface area contributed by atoms with E-state index in [-0.39, 0.29) is 23.0 Å². The number of nitrogens with two attached hydrogens (primary N) is 1. The van der Waals surface area contributed by atoms with Gasteiger partial charge in [-0.1, -0.05) is 37.1 Å². The third-order valence-electron chi connectivity index (χ3n) is 6.73. The maximum Gasteiger partial charge on any atom is 0.257 e. The van der Waals surface area contributed by atoms with Gasteiger partial charge in [0.25, 0.3) is 5.84 Å². The molecule has 0 bridgehead atoms. The lowest BCUT2D eigenvalue weighted by Crippen LogP contribution is -2.78. The number of rotatable bonds is 5. The lowest BCUT2D eigenvalue weighted by Gasteiger charge is -2.42. The molecule has 1 spiro atoms. The summed E-state index contributed by atoms with van der Waals surface area (Å²) in [7, 11) is 0. The minimum absolute atomic E-state index is 0.108. The Bertz CT molecular complexity index is 1170. The molecular formula is C25H30N5OS2+. The van der Waals surface area contributed by atoms with E-state index in [1.54, 1.807) is 11.3 Å². The largest absolute Gasteiger partial charge is 0.325 e. The molecule has 4 rings (SSSR count). The Morgan fingerprint density at radius 2 is 2.06 bits per heavy atom. The fraction of sp³-hybridized carbons (Fsp3) is 0.440. The number of nitrogens with zero attached hydrogens (tertiary/aromatic N) is 2. The number of aromatic nitrogens is 1. The zero-order chi connectivity index (χ0) is 23.6. The van der Waals surface area contributed by atoms with Crippen molar-refractivity contribution in [2.45, 2.75) is 58.8 Å². The SMILES string of the molecule is Cc1csc([C@@H]2C(N)=[NH+]C(SCC(=O)Nc3ccc(C)c(C)c3)=C(C#N)C23CCCCC3)n1. The van der Waals surface area contributed by atoms with Gasteiger partial charge in [-0.25, -0.2) is 9.98 Å².